The van der Waals surface area contributed by atoms with Crippen molar-refractivity contribution in [3.05, 3.63) is 12.3 Å². The van der Waals surface area contributed by atoms with Gasteiger partial charge in [-0.1, -0.05) is 0 Å². The summed E-state index contributed by atoms with van der Waals surface area (Å²) in [4.78, 5) is 13.4. The summed E-state index contributed by atoms with van der Waals surface area (Å²) in [5, 5.41) is 0. The Kier molecular flexibility index (Phi) is 4.26. The van der Waals surface area contributed by atoms with Crippen molar-refractivity contribution >= 4 is 11.8 Å². The second kappa shape index (κ2) is 6.15. The topological polar surface area (TPSA) is 50.7 Å². The molecule has 0 amide bonds. The molecule has 1 aromatic rings. The van der Waals surface area contributed by atoms with E-state index in [4.69, 9.17) is 9.47 Å². The van der Waals surface area contributed by atoms with Crippen LogP contribution in [0.25, 0.3) is 0 Å². The Balaban J connectivity index is 1.81. The lowest BCUT2D eigenvalue weighted by atomic mass is 9.80. The highest BCUT2D eigenvalue weighted by atomic mass is 16.5. The molecule has 2 aliphatic rings. The summed E-state index contributed by atoms with van der Waals surface area (Å²) in [6.07, 6.45) is 3.94. The summed E-state index contributed by atoms with van der Waals surface area (Å²) in [5.41, 5.74) is 0.187. The normalized spacial score (nSPS) is 22.1. The maximum atomic E-state index is 5.85. The highest BCUT2D eigenvalue weighted by Crippen LogP contribution is 2.34. The number of anilines is 2. The zero-order valence-corrected chi connectivity index (χ0v) is 12.9. The van der Waals surface area contributed by atoms with Crippen molar-refractivity contribution < 1.29 is 9.47 Å². The maximum absolute atomic E-state index is 5.85. The molecular formula is C15H24N4O2. The molecule has 0 N–H and O–H groups in total. The average molecular weight is 292 g/mol. The Labute approximate surface area is 126 Å². The van der Waals surface area contributed by atoms with Gasteiger partial charge < -0.3 is 19.3 Å². The summed E-state index contributed by atoms with van der Waals surface area (Å²) < 4.78 is 11.4. The van der Waals surface area contributed by atoms with Gasteiger partial charge >= 0.3 is 0 Å². The number of hydrogen-bond acceptors (Lipinski definition) is 6. The van der Waals surface area contributed by atoms with Crippen molar-refractivity contribution in [2.75, 3.05) is 63.4 Å². The molecule has 0 aliphatic carbocycles. The van der Waals surface area contributed by atoms with Gasteiger partial charge in [-0.05, 0) is 18.9 Å². The van der Waals surface area contributed by atoms with Crippen LogP contribution in [0.4, 0.5) is 11.8 Å². The first kappa shape index (κ1) is 14.5. The third-order valence-corrected chi connectivity index (χ3v) is 4.36. The first-order valence-corrected chi connectivity index (χ1v) is 7.59. The van der Waals surface area contributed by atoms with Crippen molar-refractivity contribution in [2.45, 2.75) is 12.8 Å². The van der Waals surface area contributed by atoms with Crippen LogP contribution >= 0.6 is 0 Å². The van der Waals surface area contributed by atoms with Gasteiger partial charge in [0, 0.05) is 52.0 Å². The third-order valence-electron chi connectivity index (χ3n) is 4.36. The van der Waals surface area contributed by atoms with Gasteiger partial charge in [0.25, 0.3) is 0 Å². The Bertz CT molecular complexity index is 474. The van der Waals surface area contributed by atoms with Crippen molar-refractivity contribution in [3.63, 3.8) is 0 Å². The van der Waals surface area contributed by atoms with E-state index >= 15 is 0 Å². The van der Waals surface area contributed by atoms with Crippen LogP contribution in [-0.4, -0.2) is 63.6 Å². The highest BCUT2D eigenvalue weighted by molar-refractivity contribution is 5.42. The predicted octanol–water partition coefficient (Wildman–Crippen LogP) is 1.18. The minimum Gasteiger partial charge on any atom is -0.381 e. The quantitative estimate of drug-likeness (QED) is 0.816. The molecule has 6 nitrogen and oxygen atoms in total. The van der Waals surface area contributed by atoms with Crippen molar-refractivity contribution in [1.29, 1.82) is 0 Å². The lowest BCUT2D eigenvalue weighted by Gasteiger charge is -2.38. The minimum atomic E-state index is 0.187. The molecule has 6 heteroatoms. The molecule has 0 aromatic carbocycles. The SMILES string of the molecule is CN(C)c1ccnc(N2CCOCC3(CCOCC3)C2)n1. The van der Waals surface area contributed by atoms with Gasteiger partial charge in [0.05, 0.1) is 13.2 Å². The second-order valence-corrected chi connectivity index (χ2v) is 6.20. The molecule has 3 rings (SSSR count). The van der Waals surface area contributed by atoms with E-state index in [1.165, 1.54) is 0 Å². The molecule has 116 valence electrons. The number of nitrogens with zero attached hydrogens (tertiary/aromatic N) is 4. The number of ether oxygens (including phenoxy) is 2. The molecule has 0 saturated carbocycles. The summed E-state index contributed by atoms with van der Waals surface area (Å²) in [6, 6.07) is 1.93. The van der Waals surface area contributed by atoms with Gasteiger partial charge in [-0.15, -0.1) is 0 Å². The van der Waals surface area contributed by atoms with E-state index in [2.05, 4.69) is 14.9 Å². The van der Waals surface area contributed by atoms with Crippen LogP contribution in [0.1, 0.15) is 12.8 Å². The molecule has 0 radical (unpaired) electrons. The number of rotatable bonds is 2. The molecule has 2 saturated heterocycles. The first-order valence-electron chi connectivity index (χ1n) is 7.59. The van der Waals surface area contributed by atoms with E-state index in [0.717, 1.165) is 64.1 Å². The molecule has 1 aromatic heterocycles. The van der Waals surface area contributed by atoms with E-state index in [9.17, 15) is 0 Å². The molecule has 0 unspecified atom stereocenters. The van der Waals surface area contributed by atoms with Gasteiger partial charge in [0.15, 0.2) is 0 Å². The molecule has 0 atom stereocenters. The lowest BCUT2D eigenvalue weighted by molar-refractivity contribution is -0.0241. The highest BCUT2D eigenvalue weighted by Gasteiger charge is 2.37. The monoisotopic (exact) mass is 292 g/mol. The average Bonchev–Trinajstić information content (AvgIpc) is 2.71. The van der Waals surface area contributed by atoms with Crippen LogP contribution in [-0.2, 0) is 9.47 Å². The van der Waals surface area contributed by atoms with Crippen LogP contribution in [0.15, 0.2) is 12.3 Å². The Morgan fingerprint density at radius 3 is 2.76 bits per heavy atom. The molecular weight excluding hydrogens is 268 g/mol. The third kappa shape index (κ3) is 3.27. The van der Waals surface area contributed by atoms with Gasteiger partial charge in [-0.2, -0.15) is 4.98 Å². The summed E-state index contributed by atoms with van der Waals surface area (Å²) in [6.45, 7) is 5.01. The smallest absolute Gasteiger partial charge is 0.227 e. The molecule has 2 aliphatic heterocycles. The summed E-state index contributed by atoms with van der Waals surface area (Å²) in [5.74, 6) is 1.74. The van der Waals surface area contributed by atoms with Crippen LogP contribution in [0, 0.1) is 5.41 Å². The number of hydrogen-bond donors (Lipinski definition) is 0. The molecule has 1 spiro atoms. The maximum Gasteiger partial charge on any atom is 0.227 e. The molecule has 21 heavy (non-hydrogen) atoms. The predicted molar refractivity (Wildman–Crippen MR) is 81.9 cm³/mol. The Morgan fingerprint density at radius 2 is 2.00 bits per heavy atom. The van der Waals surface area contributed by atoms with E-state index < -0.39 is 0 Å². The van der Waals surface area contributed by atoms with Crippen LogP contribution < -0.4 is 9.80 Å². The minimum absolute atomic E-state index is 0.187. The fraction of sp³-hybridized carbons (Fsp3) is 0.733. The van der Waals surface area contributed by atoms with Gasteiger partial charge in [-0.25, -0.2) is 4.98 Å². The Hall–Kier alpha value is -1.40. The molecule has 2 fully saturated rings. The zero-order valence-electron chi connectivity index (χ0n) is 12.9. The Morgan fingerprint density at radius 1 is 1.19 bits per heavy atom. The van der Waals surface area contributed by atoms with Crippen LogP contribution in [0.5, 0.6) is 0 Å². The van der Waals surface area contributed by atoms with E-state index in [1.54, 1.807) is 0 Å². The van der Waals surface area contributed by atoms with E-state index in [0.29, 0.717) is 0 Å². The molecule has 3 heterocycles. The van der Waals surface area contributed by atoms with E-state index in [1.807, 2.05) is 31.3 Å². The lowest BCUT2D eigenvalue weighted by Crippen LogP contribution is -2.43. The molecule has 0 bridgehead atoms. The number of aromatic nitrogens is 2. The standard InChI is InChI=1S/C15H24N4O2/c1-18(2)13-3-6-16-14(17-13)19-7-10-21-12-15(11-19)4-8-20-9-5-15/h3,6H,4-5,7-12H2,1-2H3. The van der Waals surface area contributed by atoms with Crippen molar-refractivity contribution in [3.8, 4) is 0 Å². The second-order valence-electron chi connectivity index (χ2n) is 6.20. The van der Waals surface area contributed by atoms with Gasteiger partial charge in [0.2, 0.25) is 5.95 Å². The zero-order chi connectivity index (χ0) is 14.7. The summed E-state index contributed by atoms with van der Waals surface area (Å²) in [7, 11) is 4.00. The van der Waals surface area contributed by atoms with Crippen molar-refractivity contribution in [1.82, 2.24) is 9.97 Å². The van der Waals surface area contributed by atoms with Gasteiger partial charge in [0.1, 0.15) is 5.82 Å². The van der Waals surface area contributed by atoms with Crippen LogP contribution in [0.3, 0.4) is 0 Å². The first-order chi connectivity index (χ1) is 10.2. The largest absolute Gasteiger partial charge is 0.381 e. The van der Waals surface area contributed by atoms with Crippen molar-refractivity contribution in [2.24, 2.45) is 5.41 Å². The summed E-state index contributed by atoms with van der Waals surface area (Å²) >= 11 is 0. The fourth-order valence-corrected chi connectivity index (χ4v) is 3.01. The fourth-order valence-electron chi connectivity index (χ4n) is 3.01. The van der Waals surface area contributed by atoms with Crippen LogP contribution in [0.2, 0.25) is 0 Å². The van der Waals surface area contributed by atoms with Gasteiger partial charge in [-0.3, -0.25) is 0 Å². The van der Waals surface area contributed by atoms with E-state index in [-0.39, 0.29) is 5.41 Å².